The molecule has 0 saturated heterocycles. The Morgan fingerprint density at radius 1 is 0.300 bits per heavy atom. The van der Waals surface area contributed by atoms with E-state index in [0.29, 0.717) is 0 Å². The van der Waals surface area contributed by atoms with E-state index < -0.39 is 0 Å². The van der Waals surface area contributed by atoms with Gasteiger partial charge in [-0.2, -0.15) is 0 Å². The lowest BCUT2D eigenvalue weighted by atomic mass is 9.82. The van der Waals surface area contributed by atoms with Gasteiger partial charge in [0.05, 0.1) is 0 Å². The first-order chi connectivity index (χ1) is 24.9. The lowest BCUT2D eigenvalue weighted by molar-refractivity contribution is 0.514. The van der Waals surface area contributed by atoms with Crippen molar-refractivity contribution in [1.29, 1.82) is 0 Å². The normalized spacial score (nSPS) is 11.7. The van der Waals surface area contributed by atoms with Crippen LogP contribution in [0.2, 0.25) is 0 Å². The molecule has 50 heavy (non-hydrogen) atoms. The minimum Gasteiger partial charge on any atom is -0.0654 e. The van der Waals surface area contributed by atoms with Crippen LogP contribution >= 0.6 is 0 Å². The van der Waals surface area contributed by atoms with Crippen LogP contribution in [0.25, 0.3) is 21.5 Å². The van der Waals surface area contributed by atoms with Crippen molar-refractivity contribution >= 4 is 21.5 Å². The molecule has 4 aromatic rings. The molecule has 0 aliphatic carbocycles. The summed E-state index contributed by atoms with van der Waals surface area (Å²) in [5.74, 6) is 1.51. The summed E-state index contributed by atoms with van der Waals surface area (Å²) in [6.07, 6.45) is 40.1. The number of fused-ring (bicyclic) bond motifs is 2. The molecule has 0 bridgehead atoms. The van der Waals surface area contributed by atoms with E-state index in [0.717, 1.165) is 6.42 Å². The van der Waals surface area contributed by atoms with Crippen LogP contribution in [0, 0.1) is 5.92 Å². The molecule has 1 radical (unpaired) electrons. The fraction of sp³-hybridized carbons (Fsp3) is 0.580. The summed E-state index contributed by atoms with van der Waals surface area (Å²) in [6.45, 7) is 2.31. The molecule has 0 aliphatic heterocycles. The Morgan fingerprint density at radius 2 is 0.580 bits per heavy atom. The zero-order valence-corrected chi connectivity index (χ0v) is 32.4. The Kier molecular flexibility index (Phi) is 21.1. The molecule has 0 spiro atoms. The standard InChI is InChI=1S/C50H73/c1-2-3-4-5-6-7-8-9-10-11-12-13-14-15-16-17-18-19-20-21-22-23-24-25-26-27-28-41-50(48-42-33-37-44-35-29-31-39-46(44)48)49-43-34-38-45-36-30-32-40-47(45)49/h29-40,42-43H,2-28,41H2,1H3. The van der Waals surface area contributed by atoms with Crippen molar-refractivity contribution < 1.29 is 0 Å². The average Bonchev–Trinajstić information content (AvgIpc) is 3.16. The summed E-state index contributed by atoms with van der Waals surface area (Å²) in [6, 6.07) is 31.5. The quantitative estimate of drug-likeness (QED) is 0.0483. The maximum atomic E-state index is 2.35. The second-order valence-electron chi connectivity index (χ2n) is 15.5. The lowest BCUT2D eigenvalue weighted by Crippen LogP contribution is -2.04. The van der Waals surface area contributed by atoms with Crippen molar-refractivity contribution in [3.63, 3.8) is 0 Å². The van der Waals surface area contributed by atoms with E-state index in [4.69, 9.17) is 0 Å². The molecule has 0 heteroatoms. The van der Waals surface area contributed by atoms with E-state index in [1.54, 1.807) is 0 Å². The van der Waals surface area contributed by atoms with Crippen LogP contribution in [0.4, 0.5) is 0 Å². The van der Waals surface area contributed by atoms with E-state index in [2.05, 4.69) is 91.9 Å². The monoisotopic (exact) mass is 674 g/mol. The van der Waals surface area contributed by atoms with Gasteiger partial charge in [0, 0.05) is 5.92 Å². The minimum atomic E-state index is 1.14. The summed E-state index contributed by atoms with van der Waals surface area (Å²) < 4.78 is 0. The van der Waals surface area contributed by atoms with Gasteiger partial charge in [-0.15, -0.1) is 0 Å². The fourth-order valence-corrected chi connectivity index (χ4v) is 8.19. The van der Waals surface area contributed by atoms with Crippen LogP contribution in [-0.4, -0.2) is 0 Å². The molecule has 0 N–H and O–H groups in total. The zero-order chi connectivity index (χ0) is 34.7. The largest absolute Gasteiger partial charge is 0.0654 e. The van der Waals surface area contributed by atoms with Crippen LogP contribution in [0.1, 0.15) is 198 Å². The first-order valence-corrected chi connectivity index (χ1v) is 21.7. The van der Waals surface area contributed by atoms with Crippen LogP contribution in [0.3, 0.4) is 0 Å². The Bertz CT molecular complexity index is 1310. The van der Waals surface area contributed by atoms with Gasteiger partial charge in [-0.25, -0.2) is 0 Å². The highest BCUT2D eigenvalue weighted by atomic mass is 14.2. The molecule has 0 unspecified atom stereocenters. The third kappa shape index (κ3) is 15.3. The molecule has 4 rings (SSSR count). The van der Waals surface area contributed by atoms with Gasteiger partial charge in [0.15, 0.2) is 0 Å². The van der Waals surface area contributed by atoms with Gasteiger partial charge in [0.25, 0.3) is 0 Å². The van der Waals surface area contributed by atoms with E-state index in [9.17, 15) is 0 Å². The van der Waals surface area contributed by atoms with Gasteiger partial charge in [0.1, 0.15) is 0 Å². The maximum absolute atomic E-state index is 2.35. The number of unbranched alkanes of at least 4 members (excludes halogenated alkanes) is 26. The van der Waals surface area contributed by atoms with Gasteiger partial charge >= 0.3 is 0 Å². The summed E-state index contributed by atoms with van der Waals surface area (Å²) in [5, 5.41) is 5.43. The van der Waals surface area contributed by atoms with Crippen molar-refractivity contribution in [1.82, 2.24) is 0 Å². The first-order valence-electron chi connectivity index (χ1n) is 21.7. The molecule has 0 aromatic heterocycles. The van der Waals surface area contributed by atoms with Gasteiger partial charge < -0.3 is 0 Å². The molecule has 4 aromatic carbocycles. The molecular weight excluding hydrogens is 601 g/mol. The van der Waals surface area contributed by atoms with Crippen LogP contribution in [0.15, 0.2) is 84.9 Å². The minimum absolute atomic E-state index is 1.14. The maximum Gasteiger partial charge on any atom is 0.0352 e. The Hall–Kier alpha value is -2.60. The van der Waals surface area contributed by atoms with Crippen LogP contribution < -0.4 is 0 Å². The summed E-state index contributed by atoms with van der Waals surface area (Å²) in [7, 11) is 0. The second kappa shape index (κ2) is 26.2. The molecular formula is C50H73. The predicted molar refractivity (Wildman–Crippen MR) is 224 cm³/mol. The highest BCUT2D eigenvalue weighted by Gasteiger charge is 2.19. The molecule has 0 nitrogen and oxygen atoms in total. The van der Waals surface area contributed by atoms with Gasteiger partial charge in [0.2, 0.25) is 0 Å². The second-order valence-corrected chi connectivity index (χ2v) is 15.5. The fourth-order valence-electron chi connectivity index (χ4n) is 8.19. The van der Waals surface area contributed by atoms with Crippen molar-refractivity contribution in [3.8, 4) is 0 Å². The van der Waals surface area contributed by atoms with Crippen molar-refractivity contribution in [3.05, 3.63) is 102 Å². The van der Waals surface area contributed by atoms with E-state index in [-0.39, 0.29) is 0 Å². The van der Waals surface area contributed by atoms with Crippen molar-refractivity contribution in [2.75, 3.05) is 0 Å². The van der Waals surface area contributed by atoms with Crippen LogP contribution in [0.5, 0.6) is 0 Å². The third-order valence-corrected chi connectivity index (χ3v) is 11.3. The molecule has 273 valence electrons. The number of rotatable bonds is 30. The molecule has 0 heterocycles. The number of hydrogen-bond donors (Lipinski definition) is 0. The molecule has 0 amide bonds. The first kappa shape index (κ1) is 40.2. The average molecular weight is 674 g/mol. The van der Waals surface area contributed by atoms with Gasteiger partial charge in [-0.1, -0.05) is 265 Å². The number of benzene rings is 4. The van der Waals surface area contributed by atoms with Crippen LogP contribution in [-0.2, 0) is 0 Å². The Labute approximate surface area is 309 Å². The summed E-state index contributed by atoms with van der Waals surface area (Å²) in [5.41, 5.74) is 2.82. The van der Waals surface area contributed by atoms with E-state index >= 15 is 0 Å². The van der Waals surface area contributed by atoms with E-state index in [1.165, 1.54) is 212 Å². The lowest BCUT2D eigenvalue weighted by Gasteiger charge is -2.21. The Morgan fingerprint density at radius 3 is 0.920 bits per heavy atom. The SMILES string of the molecule is CCCCCCCCCCCCCCCCCCCCCCCCCCCCC[C](c1cccc2ccccc12)c1cccc2ccccc12. The highest BCUT2D eigenvalue weighted by molar-refractivity contribution is 5.92. The predicted octanol–water partition coefficient (Wildman–Crippen LogP) is 16.9. The van der Waals surface area contributed by atoms with E-state index in [1.807, 2.05) is 0 Å². The Balaban J connectivity index is 0.975. The molecule has 0 saturated carbocycles. The molecule has 0 aliphatic rings. The molecule has 0 fully saturated rings. The number of hydrogen-bond acceptors (Lipinski definition) is 0. The zero-order valence-electron chi connectivity index (χ0n) is 32.4. The van der Waals surface area contributed by atoms with Crippen molar-refractivity contribution in [2.45, 2.75) is 187 Å². The summed E-state index contributed by atoms with van der Waals surface area (Å²) in [4.78, 5) is 0. The third-order valence-electron chi connectivity index (χ3n) is 11.3. The van der Waals surface area contributed by atoms with Gasteiger partial charge in [-0.3, -0.25) is 0 Å². The smallest absolute Gasteiger partial charge is 0.0352 e. The van der Waals surface area contributed by atoms with Gasteiger partial charge in [-0.05, 0) is 39.1 Å². The summed E-state index contributed by atoms with van der Waals surface area (Å²) >= 11 is 0. The molecule has 0 atom stereocenters. The van der Waals surface area contributed by atoms with Crippen molar-refractivity contribution in [2.24, 2.45) is 0 Å². The highest BCUT2D eigenvalue weighted by Crippen LogP contribution is 2.37. The topological polar surface area (TPSA) is 0 Å².